The van der Waals surface area contributed by atoms with E-state index >= 15 is 0 Å². The van der Waals surface area contributed by atoms with Crippen LogP contribution in [0.5, 0.6) is 5.88 Å². The lowest BCUT2D eigenvalue weighted by Crippen LogP contribution is -2.60. The highest BCUT2D eigenvalue weighted by molar-refractivity contribution is 6.05. The third-order valence-corrected chi connectivity index (χ3v) is 14.4. The zero-order valence-corrected chi connectivity index (χ0v) is 38.2. The largest absolute Gasteiger partial charge is 0.477 e. The summed E-state index contributed by atoms with van der Waals surface area (Å²) in [6.45, 7) is 12.6. The highest BCUT2D eigenvalue weighted by Crippen LogP contribution is 2.39. The number of piperidine rings is 2. The van der Waals surface area contributed by atoms with Crippen molar-refractivity contribution in [1.82, 2.24) is 34.5 Å². The minimum atomic E-state index is -0.401. The second-order valence-corrected chi connectivity index (χ2v) is 19.0. The highest BCUT2D eigenvalue weighted by Gasteiger charge is 2.36. The van der Waals surface area contributed by atoms with Gasteiger partial charge in [-0.25, -0.2) is 9.67 Å². The van der Waals surface area contributed by atoms with Crippen LogP contribution < -0.4 is 30.5 Å². The van der Waals surface area contributed by atoms with Gasteiger partial charge in [0.25, 0.3) is 5.91 Å². The number of pyridine rings is 1. The van der Waals surface area contributed by atoms with Crippen molar-refractivity contribution in [2.24, 2.45) is 18.9 Å². The number of benzene rings is 2. The van der Waals surface area contributed by atoms with Gasteiger partial charge in [-0.1, -0.05) is 0 Å². The van der Waals surface area contributed by atoms with Crippen LogP contribution >= 0.6 is 0 Å². The van der Waals surface area contributed by atoms with E-state index in [0.717, 1.165) is 111 Å². The van der Waals surface area contributed by atoms with Crippen LogP contribution in [-0.4, -0.2) is 118 Å². The lowest BCUT2D eigenvalue weighted by atomic mass is 9.98. The number of amides is 3. The van der Waals surface area contributed by atoms with Gasteiger partial charge in [0.1, 0.15) is 6.04 Å². The summed E-state index contributed by atoms with van der Waals surface area (Å²) in [4.78, 5) is 55.7. The third kappa shape index (κ3) is 8.65. The highest BCUT2D eigenvalue weighted by atomic mass is 16.5. The van der Waals surface area contributed by atoms with Crippen LogP contribution in [0.1, 0.15) is 72.3 Å². The summed E-state index contributed by atoms with van der Waals surface area (Å²) in [5.41, 5.74) is 9.87. The number of hydrogen-bond donors (Lipinski definition) is 3. The molecule has 2 aromatic carbocycles. The average Bonchev–Trinajstić information content (AvgIpc) is 3.97. The predicted molar refractivity (Wildman–Crippen MR) is 251 cm³/mol. The van der Waals surface area contributed by atoms with Gasteiger partial charge in [0.05, 0.1) is 47.2 Å². The summed E-state index contributed by atoms with van der Waals surface area (Å²) >= 11 is 0. The number of aromatic nitrogens is 5. The summed E-state index contributed by atoms with van der Waals surface area (Å²) in [6, 6.07) is 16.8. The summed E-state index contributed by atoms with van der Waals surface area (Å²) in [7, 11) is 3.70. The van der Waals surface area contributed by atoms with E-state index in [1.54, 1.807) is 11.8 Å². The van der Waals surface area contributed by atoms with Crippen molar-refractivity contribution in [3.63, 3.8) is 0 Å². The van der Waals surface area contributed by atoms with E-state index in [1.165, 1.54) is 11.3 Å². The minimum absolute atomic E-state index is 0.208. The van der Waals surface area contributed by atoms with E-state index in [2.05, 4.69) is 77.6 Å². The van der Waals surface area contributed by atoms with Crippen molar-refractivity contribution in [2.75, 3.05) is 73.5 Å². The number of imide groups is 1. The van der Waals surface area contributed by atoms with Crippen LogP contribution in [0.4, 0.5) is 23.0 Å². The summed E-state index contributed by atoms with van der Waals surface area (Å²) in [5, 5.41) is 13.7. The first kappa shape index (κ1) is 42.9. The molecule has 4 bridgehead atoms. The van der Waals surface area contributed by atoms with Gasteiger partial charge in [-0.15, -0.1) is 0 Å². The van der Waals surface area contributed by atoms with Crippen molar-refractivity contribution < 1.29 is 23.9 Å². The normalized spacial score (nSPS) is 23.3. The maximum atomic E-state index is 14.1. The molecule has 16 nitrogen and oxygen atoms in total. The first-order chi connectivity index (χ1) is 31.5. The number of anilines is 4. The van der Waals surface area contributed by atoms with Gasteiger partial charge in [-0.05, 0) is 125 Å². The number of fused-ring (bicyclic) bond motifs is 9. The number of hydrogen-bond acceptors (Lipinski definition) is 12. The van der Waals surface area contributed by atoms with Crippen molar-refractivity contribution in [3.05, 3.63) is 71.0 Å². The molecule has 4 atom stereocenters. The Bertz CT molecular complexity index is 2630. The van der Waals surface area contributed by atoms with E-state index in [0.29, 0.717) is 67.0 Å². The van der Waals surface area contributed by atoms with E-state index < -0.39 is 6.04 Å². The smallest absolute Gasteiger partial charge is 0.258 e. The number of rotatable bonds is 7. The molecule has 3 amide bonds. The van der Waals surface area contributed by atoms with E-state index in [9.17, 15) is 14.4 Å². The van der Waals surface area contributed by atoms with Gasteiger partial charge < -0.3 is 29.2 Å². The van der Waals surface area contributed by atoms with E-state index in [4.69, 9.17) is 19.4 Å². The molecule has 0 radical (unpaired) electrons. The van der Waals surface area contributed by atoms with Gasteiger partial charge in [-0.3, -0.25) is 34.9 Å². The summed E-state index contributed by atoms with van der Waals surface area (Å²) in [6.07, 6.45) is 6.16. The first-order valence-electron chi connectivity index (χ1n) is 23.4. The van der Waals surface area contributed by atoms with Crippen LogP contribution in [0.3, 0.4) is 0 Å². The molecular formula is C49H61N11O5. The molecule has 3 saturated heterocycles. The minimum Gasteiger partial charge on any atom is -0.477 e. The number of nitrogens with zero attached hydrogens (tertiary/aromatic N) is 8. The Balaban J connectivity index is 0.847. The van der Waals surface area contributed by atoms with Crippen LogP contribution in [0, 0.1) is 32.6 Å². The molecule has 0 spiro atoms. The molecule has 4 fully saturated rings. The fourth-order valence-electron chi connectivity index (χ4n) is 11.2. The Kier molecular flexibility index (Phi) is 11.7. The molecule has 5 aliphatic rings. The third-order valence-electron chi connectivity index (χ3n) is 14.4. The molecule has 342 valence electrons. The molecule has 10 rings (SSSR count). The molecule has 16 heteroatoms. The average molecular weight is 884 g/mol. The summed E-state index contributed by atoms with van der Waals surface area (Å²) in [5.74, 6) is 1.38. The molecule has 1 saturated carbocycles. The zero-order valence-electron chi connectivity index (χ0n) is 38.2. The first-order valence-corrected chi connectivity index (χ1v) is 23.4. The topological polar surface area (TPSA) is 164 Å². The molecule has 3 N–H and O–H groups in total. The second-order valence-electron chi connectivity index (χ2n) is 19.0. The molecule has 1 unspecified atom stereocenters. The number of ether oxygens (including phenoxy) is 2. The van der Waals surface area contributed by atoms with Crippen LogP contribution in [-0.2, 0) is 27.9 Å². The van der Waals surface area contributed by atoms with Gasteiger partial charge >= 0.3 is 0 Å². The van der Waals surface area contributed by atoms with Crippen molar-refractivity contribution in [1.29, 1.82) is 0 Å². The second kappa shape index (κ2) is 17.8. The molecule has 4 aliphatic heterocycles. The number of nitrogens with one attached hydrogen (secondary N) is 3. The van der Waals surface area contributed by atoms with Gasteiger partial charge in [0.2, 0.25) is 23.6 Å². The molecule has 1 aliphatic carbocycles. The fraction of sp³-hybridized carbons (Fsp3) is 0.510. The van der Waals surface area contributed by atoms with Crippen LogP contribution in [0.15, 0.2) is 48.5 Å². The number of carbonyl (C=O) groups excluding carboxylic acids is 3. The number of piperazine rings is 1. The SMILES string of the molecule is COC[C@H]1CN(c2ccc3nc4n(c3c2)C[C@@H]2CC[C@H](COc3c(c(C)nn3C)-c3cc(cc(C)n3)C(=O)N4)C2)CCN1C1CCN(c2ccc(NC3CCC(=O)NC3=O)cc2C)CC1. The number of aryl methyl sites for hydroxylation is 4. The van der Waals surface area contributed by atoms with Gasteiger partial charge in [0, 0.05) is 94.2 Å². The Morgan fingerprint density at radius 1 is 0.862 bits per heavy atom. The molecule has 3 aromatic heterocycles. The maximum Gasteiger partial charge on any atom is 0.258 e. The number of methoxy groups -OCH3 is 1. The van der Waals surface area contributed by atoms with Crippen molar-refractivity contribution in [3.8, 4) is 17.1 Å². The fourth-order valence-corrected chi connectivity index (χ4v) is 11.2. The Morgan fingerprint density at radius 2 is 1.69 bits per heavy atom. The monoisotopic (exact) mass is 883 g/mol. The number of carbonyl (C=O) groups is 3. The van der Waals surface area contributed by atoms with Gasteiger partial charge in [-0.2, -0.15) is 5.10 Å². The molecule has 5 aromatic rings. The summed E-state index contributed by atoms with van der Waals surface area (Å²) < 4.78 is 16.5. The Hall–Kier alpha value is -6.00. The maximum absolute atomic E-state index is 14.1. The molecule has 65 heavy (non-hydrogen) atoms. The van der Waals surface area contributed by atoms with Crippen molar-refractivity contribution >= 4 is 51.8 Å². The molecule has 7 heterocycles. The lowest BCUT2D eigenvalue weighted by molar-refractivity contribution is -0.133. The Morgan fingerprint density at radius 3 is 2.49 bits per heavy atom. The predicted octanol–water partition coefficient (Wildman–Crippen LogP) is 5.84. The Labute approximate surface area is 380 Å². The quantitative estimate of drug-likeness (QED) is 0.168. The van der Waals surface area contributed by atoms with Gasteiger partial charge in [0.15, 0.2) is 0 Å². The van der Waals surface area contributed by atoms with Crippen LogP contribution in [0.25, 0.3) is 22.3 Å². The van der Waals surface area contributed by atoms with Crippen LogP contribution in [0.2, 0.25) is 0 Å². The van der Waals surface area contributed by atoms with E-state index in [-0.39, 0.29) is 23.8 Å². The zero-order chi connectivity index (χ0) is 44.9. The van der Waals surface area contributed by atoms with Crippen molar-refractivity contribution in [2.45, 2.75) is 90.4 Å². The van der Waals surface area contributed by atoms with E-state index in [1.807, 2.05) is 39.1 Å². The molecular weight excluding hydrogens is 823 g/mol. The standard InChI is InChI=1S/C49H61N11O5/c1-29-20-35(51-40-11-13-44(61)53-47(40)63)8-12-42(29)57-16-14-36(15-17-57)59-19-18-58(26-38(59)28-64-5)37-9-10-39-43(24-37)60-25-32-6-7-33(22-32)27-65-48-45(31(3)55-56(48)4)41-23-34(21-30(2)50-41)46(62)54-49(60)52-39/h8-10,12,20-21,23-24,32-33,36,38,40,51H,6-7,11,13-19,22,25-28H2,1-5H3,(H,52,54,62)(H,53,61,63)/t32-,33+,38-,40?/m1/s1. The lowest BCUT2D eigenvalue weighted by Gasteiger charge is -2.48. The number of imidazole rings is 1.